The zero-order chi connectivity index (χ0) is 26.7. The number of para-hydroxylation sites is 3. The van der Waals surface area contributed by atoms with Crippen molar-refractivity contribution in [2.24, 2.45) is 0 Å². The van der Waals surface area contributed by atoms with E-state index in [1.54, 1.807) is 48.5 Å². The van der Waals surface area contributed by atoms with Gasteiger partial charge in [0.1, 0.15) is 18.0 Å². The molecule has 1 amide bonds. The Bertz CT molecular complexity index is 1260. The number of ether oxygens (including phenoxy) is 2. The van der Waals surface area contributed by atoms with Crippen molar-refractivity contribution in [3.05, 3.63) is 83.9 Å². The monoisotopic (exact) mass is 524 g/mol. The Morgan fingerprint density at radius 2 is 1.57 bits per heavy atom. The highest BCUT2D eigenvalue weighted by Crippen LogP contribution is 2.32. The summed E-state index contributed by atoms with van der Waals surface area (Å²) >= 11 is 0. The number of rotatable bonds is 14. The molecule has 3 aromatic carbocycles. The van der Waals surface area contributed by atoms with Crippen LogP contribution < -0.4 is 19.1 Å². The van der Waals surface area contributed by atoms with Crippen LogP contribution in [-0.2, 0) is 21.2 Å². The van der Waals surface area contributed by atoms with Gasteiger partial charge in [0.05, 0.1) is 23.8 Å². The number of sulfonamides is 1. The number of carbonyl (C=O) groups is 1. The maximum atomic E-state index is 13.7. The van der Waals surface area contributed by atoms with Crippen LogP contribution in [0.3, 0.4) is 0 Å². The predicted molar refractivity (Wildman–Crippen MR) is 147 cm³/mol. The molecule has 7 nitrogen and oxygen atoms in total. The smallest absolute Gasteiger partial charge is 0.264 e. The summed E-state index contributed by atoms with van der Waals surface area (Å²) in [5.41, 5.74) is 2.35. The van der Waals surface area contributed by atoms with Crippen LogP contribution in [0.4, 0.5) is 5.69 Å². The average Bonchev–Trinajstić information content (AvgIpc) is 2.90. The molecule has 3 aromatic rings. The van der Waals surface area contributed by atoms with Crippen LogP contribution in [0.2, 0.25) is 0 Å². The lowest BCUT2D eigenvalue weighted by Gasteiger charge is -2.26. The molecule has 0 aromatic heterocycles. The van der Waals surface area contributed by atoms with E-state index in [9.17, 15) is 13.2 Å². The Morgan fingerprint density at radius 3 is 2.27 bits per heavy atom. The number of amides is 1. The fourth-order valence-corrected chi connectivity index (χ4v) is 5.27. The van der Waals surface area contributed by atoms with Crippen LogP contribution in [0, 0.1) is 6.92 Å². The Hall–Kier alpha value is -3.52. The van der Waals surface area contributed by atoms with Crippen LogP contribution in [0.15, 0.2) is 77.7 Å². The van der Waals surface area contributed by atoms with Crippen molar-refractivity contribution in [1.29, 1.82) is 0 Å². The number of aryl methyl sites for hydroxylation is 2. The summed E-state index contributed by atoms with van der Waals surface area (Å²) < 4.78 is 39.9. The van der Waals surface area contributed by atoms with Crippen LogP contribution in [0.1, 0.15) is 37.8 Å². The molecule has 198 valence electrons. The zero-order valence-electron chi connectivity index (χ0n) is 21.8. The van der Waals surface area contributed by atoms with E-state index in [1.807, 2.05) is 38.1 Å². The molecule has 8 heteroatoms. The number of benzene rings is 3. The molecule has 0 fully saturated rings. The first-order valence-corrected chi connectivity index (χ1v) is 14.1. The zero-order valence-corrected chi connectivity index (χ0v) is 22.6. The van der Waals surface area contributed by atoms with Gasteiger partial charge in [0, 0.05) is 6.54 Å². The number of anilines is 1. The molecule has 3 rings (SSSR count). The topological polar surface area (TPSA) is 84.9 Å². The minimum Gasteiger partial charge on any atom is -0.493 e. The Kier molecular flexibility index (Phi) is 10.4. The van der Waals surface area contributed by atoms with Gasteiger partial charge in [0.15, 0.2) is 0 Å². The quantitative estimate of drug-likeness (QED) is 0.296. The van der Waals surface area contributed by atoms with E-state index in [2.05, 4.69) is 12.2 Å². The molecule has 0 aliphatic rings. The first-order valence-electron chi connectivity index (χ1n) is 12.7. The van der Waals surface area contributed by atoms with Gasteiger partial charge in [-0.25, -0.2) is 8.42 Å². The van der Waals surface area contributed by atoms with Gasteiger partial charge in [-0.1, -0.05) is 55.0 Å². The molecular weight excluding hydrogens is 488 g/mol. The molecule has 0 aliphatic carbocycles. The number of nitrogens with one attached hydrogen (secondary N) is 1. The van der Waals surface area contributed by atoms with Crippen molar-refractivity contribution in [1.82, 2.24) is 5.32 Å². The summed E-state index contributed by atoms with van der Waals surface area (Å²) in [7, 11) is -4.02. The molecule has 37 heavy (non-hydrogen) atoms. The normalized spacial score (nSPS) is 11.1. The minimum atomic E-state index is -4.02. The van der Waals surface area contributed by atoms with E-state index < -0.39 is 15.9 Å². The fraction of sp³-hybridized carbons (Fsp3) is 0.345. The second-order valence-corrected chi connectivity index (χ2v) is 10.5. The van der Waals surface area contributed by atoms with Gasteiger partial charge in [-0.15, -0.1) is 0 Å². The summed E-state index contributed by atoms with van der Waals surface area (Å²) in [6.07, 6.45) is 2.36. The molecule has 1 N–H and O–H groups in total. The summed E-state index contributed by atoms with van der Waals surface area (Å²) in [4.78, 5) is 13.1. The number of hydrogen-bond donors (Lipinski definition) is 1. The molecule has 0 saturated heterocycles. The van der Waals surface area contributed by atoms with Crippen LogP contribution >= 0.6 is 0 Å². The van der Waals surface area contributed by atoms with Crippen molar-refractivity contribution in [2.45, 2.75) is 44.9 Å². The number of carbonyl (C=O) groups excluding carboxylic acids is 1. The van der Waals surface area contributed by atoms with E-state index in [1.165, 1.54) is 0 Å². The molecule has 0 bridgehead atoms. The van der Waals surface area contributed by atoms with E-state index in [-0.39, 0.29) is 11.4 Å². The molecule has 0 radical (unpaired) electrons. The highest BCUT2D eigenvalue weighted by atomic mass is 32.2. The highest BCUT2D eigenvalue weighted by Gasteiger charge is 2.29. The molecule has 0 aliphatic heterocycles. The molecular formula is C29H36N2O5S. The minimum absolute atomic E-state index is 0.112. The molecule has 0 saturated carbocycles. The number of hydrogen-bond acceptors (Lipinski definition) is 5. The van der Waals surface area contributed by atoms with Crippen LogP contribution in [0.25, 0.3) is 0 Å². The van der Waals surface area contributed by atoms with E-state index >= 15 is 0 Å². The van der Waals surface area contributed by atoms with Crippen molar-refractivity contribution < 1.29 is 22.7 Å². The van der Waals surface area contributed by atoms with E-state index in [0.29, 0.717) is 37.6 Å². The Balaban J connectivity index is 1.73. The van der Waals surface area contributed by atoms with Crippen molar-refractivity contribution in [3.63, 3.8) is 0 Å². The molecule has 0 atom stereocenters. The Morgan fingerprint density at radius 1 is 0.892 bits per heavy atom. The van der Waals surface area contributed by atoms with Gasteiger partial charge in [-0.05, 0) is 69.0 Å². The molecule has 0 spiro atoms. The maximum Gasteiger partial charge on any atom is 0.264 e. The van der Waals surface area contributed by atoms with Gasteiger partial charge in [-0.3, -0.25) is 9.10 Å². The van der Waals surface area contributed by atoms with Gasteiger partial charge in [-0.2, -0.15) is 0 Å². The van der Waals surface area contributed by atoms with Gasteiger partial charge < -0.3 is 14.8 Å². The van der Waals surface area contributed by atoms with Crippen LogP contribution in [-0.4, -0.2) is 40.6 Å². The van der Waals surface area contributed by atoms with Crippen molar-refractivity contribution >= 4 is 21.6 Å². The fourth-order valence-electron chi connectivity index (χ4n) is 3.83. The summed E-state index contributed by atoms with van der Waals surface area (Å²) in [6.45, 7) is 6.84. The first kappa shape index (κ1) is 28.1. The lowest BCUT2D eigenvalue weighted by atomic mass is 10.1. The van der Waals surface area contributed by atoms with Gasteiger partial charge in [0.2, 0.25) is 5.91 Å². The van der Waals surface area contributed by atoms with Crippen LogP contribution in [0.5, 0.6) is 11.5 Å². The second-order valence-electron chi connectivity index (χ2n) is 8.64. The first-order chi connectivity index (χ1) is 17.9. The SMILES string of the molecule is CCCOc1ccccc1CCCNC(=O)CN(c1ccccc1OCC)S(=O)(=O)c1ccc(C)cc1. The third kappa shape index (κ3) is 7.73. The molecule has 0 unspecified atom stereocenters. The third-order valence-corrected chi connectivity index (χ3v) is 7.48. The van der Waals surface area contributed by atoms with Crippen molar-refractivity contribution in [3.8, 4) is 11.5 Å². The van der Waals surface area contributed by atoms with E-state index in [4.69, 9.17) is 9.47 Å². The predicted octanol–water partition coefficient (Wildman–Crippen LogP) is 5.13. The van der Waals surface area contributed by atoms with Gasteiger partial charge in [0.25, 0.3) is 10.0 Å². The summed E-state index contributed by atoms with van der Waals surface area (Å²) in [5, 5.41) is 2.87. The second kappa shape index (κ2) is 13.7. The maximum absolute atomic E-state index is 13.7. The lowest BCUT2D eigenvalue weighted by Crippen LogP contribution is -2.41. The van der Waals surface area contributed by atoms with Crippen molar-refractivity contribution in [2.75, 3.05) is 30.6 Å². The van der Waals surface area contributed by atoms with E-state index in [0.717, 1.165) is 34.0 Å². The standard InChI is InChI=1S/C29H36N2O5S/c1-4-21-36-27-14-8-6-11-24(27)12-10-20-30-29(32)22-31(26-13-7-9-15-28(26)35-5-2)37(33,34)25-18-16-23(3)17-19-25/h6-9,11,13-19H,4-5,10,12,20-22H2,1-3H3,(H,30,32). The van der Waals surface area contributed by atoms with Gasteiger partial charge >= 0.3 is 0 Å². The highest BCUT2D eigenvalue weighted by molar-refractivity contribution is 7.92. The third-order valence-electron chi connectivity index (χ3n) is 5.71. The number of nitrogens with zero attached hydrogens (tertiary/aromatic N) is 1. The Labute approximate surface area is 220 Å². The summed E-state index contributed by atoms with van der Waals surface area (Å²) in [6, 6.07) is 21.3. The average molecular weight is 525 g/mol. The largest absolute Gasteiger partial charge is 0.493 e. The molecule has 0 heterocycles. The summed E-state index contributed by atoms with van der Waals surface area (Å²) in [5.74, 6) is 0.869. The lowest BCUT2D eigenvalue weighted by molar-refractivity contribution is -0.119.